The van der Waals surface area contributed by atoms with Crippen LogP contribution in [0.15, 0.2) is 36.7 Å². The van der Waals surface area contributed by atoms with E-state index in [4.69, 9.17) is 14.7 Å². The van der Waals surface area contributed by atoms with Gasteiger partial charge in [-0.25, -0.2) is 4.98 Å². The molecule has 1 unspecified atom stereocenters. The van der Waals surface area contributed by atoms with Gasteiger partial charge in [0.1, 0.15) is 5.60 Å². The van der Waals surface area contributed by atoms with Gasteiger partial charge in [0, 0.05) is 18.4 Å². The number of amides is 1. The number of aromatic nitrogens is 2. The Kier molecular flexibility index (Phi) is 5.45. The molecule has 2 fully saturated rings. The topological polar surface area (TPSA) is 88.3 Å². The molecule has 4 rings (SSSR count). The van der Waals surface area contributed by atoms with E-state index in [0.717, 1.165) is 25.0 Å². The van der Waals surface area contributed by atoms with Gasteiger partial charge < -0.3 is 14.4 Å². The molecule has 0 radical (unpaired) electrons. The minimum absolute atomic E-state index is 0.0418. The molecule has 1 aromatic carbocycles. The van der Waals surface area contributed by atoms with Crippen LogP contribution in [-0.4, -0.2) is 52.7 Å². The maximum atomic E-state index is 12.7. The molecule has 3 heterocycles. The van der Waals surface area contributed by atoms with Crippen LogP contribution >= 0.6 is 0 Å². The van der Waals surface area contributed by atoms with E-state index in [2.05, 4.69) is 16.0 Å². The Morgan fingerprint density at radius 3 is 3.07 bits per heavy atom. The van der Waals surface area contributed by atoms with Gasteiger partial charge in [-0.3, -0.25) is 9.78 Å². The molecule has 1 amide bonds. The van der Waals surface area contributed by atoms with Gasteiger partial charge in [0.2, 0.25) is 5.88 Å². The number of nitriles is 1. The predicted molar refractivity (Wildman–Crippen MR) is 105 cm³/mol. The highest BCUT2D eigenvalue weighted by molar-refractivity contribution is 5.95. The molecule has 0 aliphatic carbocycles. The number of carbonyl (C=O) groups is 1. The lowest BCUT2D eigenvalue weighted by molar-refractivity contribution is -0.166. The van der Waals surface area contributed by atoms with Crippen LogP contribution in [0.5, 0.6) is 5.88 Å². The van der Waals surface area contributed by atoms with Gasteiger partial charge in [-0.15, -0.1) is 0 Å². The summed E-state index contributed by atoms with van der Waals surface area (Å²) in [6, 6.07) is 8.92. The molecule has 0 saturated carbocycles. The second-order valence-corrected chi connectivity index (χ2v) is 7.88. The second kappa shape index (κ2) is 8.18. The number of aryl methyl sites for hydroxylation is 1. The van der Waals surface area contributed by atoms with Gasteiger partial charge in [-0.2, -0.15) is 5.26 Å². The summed E-state index contributed by atoms with van der Waals surface area (Å²) in [6.07, 6.45) is 6.20. The first-order valence-electron chi connectivity index (χ1n) is 9.92. The number of carbonyl (C=O) groups excluding carboxylic acids is 1. The SMILES string of the molecule is Cc1cncc(OCCC2CCOC3(C2)CN(C(=O)c2cccc(C#N)c2)C3)n1. The van der Waals surface area contributed by atoms with E-state index in [1.807, 2.05) is 6.92 Å². The zero-order valence-corrected chi connectivity index (χ0v) is 16.5. The normalized spacial score (nSPS) is 20.0. The second-order valence-electron chi connectivity index (χ2n) is 7.88. The van der Waals surface area contributed by atoms with Gasteiger partial charge in [0.25, 0.3) is 5.91 Å². The molecule has 2 aromatic rings. The summed E-state index contributed by atoms with van der Waals surface area (Å²) in [4.78, 5) is 22.9. The molecule has 2 aliphatic heterocycles. The fraction of sp³-hybridized carbons (Fsp3) is 0.455. The highest BCUT2D eigenvalue weighted by Crippen LogP contribution is 2.38. The van der Waals surface area contributed by atoms with Crippen molar-refractivity contribution in [2.24, 2.45) is 5.92 Å². The molecule has 7 nitrogen and oxygen atoms in total. The molecule has 0 bridgehead atoms. The third-order valence-corrected chi connectivity index (χ3v) is 5.59. The maximum absolute atomic E-state index is 12.7. The van der Waals surface area contributed by atoms with Gasteiger partial charge in [0.15, 0.2) is 0 Å². The van der Waals surface area contributed by atoms with Gasteiger partial charge in [-0.1, -0.05) is 6.07 Å². The molecule has 150 valence electrons. The number of nitrogens with zero attached hydrogens (tertiary/aromatic N) is 4. The number of ether oxygens (including phenoxy) is 2. The molecule has 29 heavy (non-hydrogen) atoms. The monoisotopic (exact) mass is 392 g/mol. The maximum Gasteiger partial charge on any atom is 0.254 e. The fourth-order valence-electron chi connectivity index (χ4n) is 4.13. The number of hydrogen-bond acceptors (Lipinski definition) is 6. The number of hydrogen-bond donors (Lipinski definition) is 0. The Balaban J connectivity index is 1.28. The van der Waals surface area contributed by atoms with Crippen LogP contribution in [0, 0.1) is 24.2 Å². The van der Waals surface area contributed by atoms with Crippen molar-refractivity contribution >= 4 is 5.91 Å². The minimum Gasteiger partial charge on any atom is -0.477 e. The predicted octanol–water partition coefficient (Wildman–Crippen LogP) is 2.75. The summed E-state index contributed by atoms with van der Waals surface area (Å²) in [6.45, 7) is 4.40. The zero-order valence-electron chi connectivity index (χ0n) is 16.5. The van der Waals surface area contributed by atoms with Crippen LogP contribution in [-0.2, 0) is 4.74 Å². The lowest BCUT2D eigenvalue weighted by atomic mass is 9.79. The molecule has 7 heteroatoms. The van der Waals surface area contributed by atoms with Crippen LogP contribution in [0.1, 0.15) is 40.9 Å². The molecule has 0 N–H and O–H groups in total. The van der Waals surface area contributed by atoms with Crippen molar-refractivity contribution < 1.29 is 14.3 Å². The smallest absolute Gasteiger partial charge is 0.254 e. The molecule has 1 aromatic heterocycles. The van der Waals surface area contributed by atoms with Crippen molar-refractivity contribution in [2.75, 3.05) is 26.3 Å². The Morgan fingerprint density at radius 2 is 2.28 bits per heavy atom. The summed E-state index contributed by atoms with van der Waals surface area (Å²) < 4.78 is 11.8. The highest BCUT2D eigenvalue weighted by atomic mass is 16.5. The van der Waals surface area contributed by atoms with Crippen molar-refractivity contribution in [1.29, 1.82) is 5.26 Å². The van der Waals surface area contributed by atoms with Gasteiger partial charge >= 0.3 is 0 Å². The number of benzene rings is 1. The van der Waals surface area contributed by atoms with Crippen molar-refractivity contribution in [3.8, 4) is 11.9 Å². The van der Waals surface area contributed by atoms with Crippen LogP contribution in [0.3, 0.4) is 0 Å². The van der Waals surface area contributed by atoms with E-state index in [0.29, 0.717) is 49.2 Å². The van der Waals surface area contributed by atoms with Crippen molar-refractivity contribution in [2.45, 2.75) is 31.8 Å². The quantitative estimate of drug-likeness (QED) is 0.777. The number of rotatable bonds is 5. The molecule has 1 spiro atoms. The lowest BCUT2D eigenvalue weighted by Crippen LogP contribution is -2.66. The standard InChI is InChI=1S/C22H24N4O3/c1-16-12-24-13-20(25-16)28-7-5-17-6-8-29-22(10-17)14-26(15-22)21(27)19-4-2-3-18(9-19)11-23/h2-4,9,12-13,17H,5-8,10,14-15H2,1H3. The summed E-state index contributed by atoms with van der Waals surface area (Å²) in [7, 11) is 0. The molecular formula is C22H24N4O3. The van der Waals surface area contributed by atoms with Crippen LogP contribution < -0.4 is 4.74 Å². The van der Waals surface area contributed by atoms with Crippen LogP contribution in [0.4, 0.5) is 0 Å². The third kappa shape index (κ3) is 4.38. The average Bonchev–Trinajstić information content (AvgIpc) is 2.72. The summed E-state index contributed by atoms with van der Waals surface area (Å²) in [5.74, 6) is 1.02. The fourth-order valence-corrected chi connectivity index (χ4v) is 4.13. The first-order chi connectivity index (χ1) is 14.1. The highest BCUT2D eigenvalue weighted by Gasteiger charge is 2.49. The van der Waals surface area contributed by atoms with E-state index in [1.54, 1.807) is 41.6 Å². The summed E-state index contributed by atoms with van der Waals surface area (Å²) in [5.41, 5.74) is 1.65. The zero-order chi connectivity index (χ0) is 20.3. The van der Waals surface area contributed by atoms with E-state index >= 15 is 0 Å². The van der Waals surface area contributed by atoms with Crippen molar-refractivity contribution in [3.63, 3.8) is 0 Å². The molecule has 2 saturated heterocycles. The Morgan fingerprint density at radius 1 is 1.41 bits per heavy atom. The first-order valence-corrected chi connectivity index (χ1v) is 9.92. The summed E-state index contributed by atoms with van der Waals surface area (Å²) in [5, 5.41) is 9.03. The average molecular weight is 392 g/mol. The molecule has 2 aliphatic rings. The number of likely N-dealkylation sites (tertiary alicyclic amines) is 1. The lowest BCUT2D eigenvalue weighted by Gasteiger charge is -2.53. The Hall–Kier alpha value is -2.98. The Bertz CT molecular complexity index is 934. The summed E-state index contributed by atoms with van der Waals surface area (Å²) >= 11 is 0. The van der Waals surface area contributed by atoms with Gasteiger partial charge in [-0.05, 0) is 50.3 Å². The minimum atomic E-state index is -0.242. The van der Waals surface area contributed by atoms with Crippen LogP contribution in [0.25, 0.3) is 0 Å². The largest absolute Gasteiger partial charge is 0.477 e. The molecule has 1 atom stereocenters. The first kappa shape index (κ1) is 19.3. The van der Waals surface area contributed by atoms with E-state index in [1.165, 1.54) is 0 Å². The van der Waals surface area contributed by atoms with E-state index < -0.39 is 0 Å². The van der Waals surface area contributed by atoms with Crippen molar-refractivity contribution in [3.05, 3.63) is 53.5 Å². The van der Waals surface area contributed by atoms with E-state index in [9.17, 15) is 4.79 Å². The van der Waals surface area contributed by atoms with Crippen molar-refractivity contribution in [1.82, 2.24) is 14.9 Å². The Labute approximate surface area is 170 Å². The third-order valence-electron chi connectivity index (χ3n) is 5.59. The van der Waals surface area contributed by atoms with Crippen LogP contribution in [0.2, 0.25) is 0 Å². The van der Waals surface area contributed by atoms with Gasteiger partial charge in [0.05, 0.1) is 43.2 Å². The molecular weight excluding hydrogens is 368 g/mol. The van der Waals surface area contributed by atoms with E-state index in [-0.39, 0.29) is 11.5 Å².